The van der Waals surface area contributed by atoms with Crippen molar-refractivity contribution in [2.45, 2.75) is 6.54 Å². The van der Waals surface area contributed by atoms with Crippen LogP contribution in [0.25, 0.3) is 0 Å². The highest BCUT2D eigenvalue weighted by molar-refractivity contribution is 5.92. The van der Waals surface area contributed by atoms with Gasteiger partial charge in [0.2, 0.25) is 0 Å². The number of nitrogens with one attached hydrogen (secondary N) is 2. The van der Waals surface area contributed by atoms with E-state index in [1.54, 1.807) is 7.11 Å². The van der Waals surface area contributed by atoms with Gasteiger partial charge in [-0.3, -0.25) is 9.89 Å². The third-order valence-corrected chi connectivity index (χ3v) is 2.43. The molecule has 0 bridgehead atoms. The van der Waals surface area contributed by atoms with Crippen molar-refractivity contribution in [3.63, 3.8) is 0 Å². The molecule has 0 unspecified atom stereocenters. The fourth-order valence-corrected chi connectivity index (χ4v) is 1.51. The van der Waals surface area contributed by atoms with Gasteiger partial charge in [-0.1, -0.05) is 12.1 Å². The Labute approximate surface area is 104 Å². The minimum atomic E-state index is -0.248. The van der Waals surface area contributed by atoms with Crippen LogP contribution in [0.3, 0.4) is 0 Å². The van der Waals surface area contributed by atoms with Crippen molar-refractivity contribution >= 4 is 11.7 Å². The number of nitrogen functional groups attached to an aromatic ring is 1. The molecule has 2 aromatic rings. The number of ether oxygens (including phenoxy) is 1. The molecule has 0 fully saturated rings. The van der Waals surface area contributed by atoms with E-state index in [4.69, 9.17) is 10.5 Å². The van der Waals surface area contributed by atoms with Gasteiger partial charge in [0.25, 0.3) is 5.91 Å². The fraction of sp³-hybridized carbons (Fsp3) is 0.167. The molecular formula is C12H14N4O2. The molecular weight excluding hydrogens is 232 g/mol. The third kappa shape index (κ3) is 2.79. The monoisotopic (exact) mass is 246 g/mol. The number of aromatic nitrogens is 2. The fourth-order valence-electron chi connectivity index (χ4n) is 1.51. The number of amides is 1. The number of carbonyl (C=O) groups is 1. The molecule has 18 heavy (non-hydrogen) atoms. The molecule has 1 amide bonds. The van der Waals surface area contributed by atoms with Gasteiger partial charge in [-0.05, 0) is 17.7 Å². The maximum atomic E-state index is 11.7. The molecule has 0 aliphatic rings. The smallest absolute Gasteiger partial charge is 0.269 e. The van der Waals surface area contributed by atoms with Gasteiger partial charge < -0.3 is 15.8 Å². The van der Waals surface area contributed by atoms with Crippen LogP contribution in [-0.2, 0) is 6.54 Å². The van der Waals surface area contributed by atoms with Crippen molar-refractivity contribution in [1.29, 1.82) is 0 Å². The van der Waals surface area contributed by atoms with Gasteiger partial charge >= 0.3 is 0 Å². The molecule has 4 N–H and O–H groups in total. The van der Waals surface area contributed by atoms with Crippen LogP contribution in [-0.4, -0.2) is 23.2 Å². The number of nitrogens with zero attached hydrogens (tertiary/aromatic N) is 1. The first kappa shape index (κ1) is 12.0. The number of aromatic amines is 1. The number of hydrogen-bond donors (Lipinski definition) is 3. The van der Waals surface area contributed by atoms with Crippen LogP contribution in [0, 0.1) is 0 Å². The number of H-pyrrole nitrogens is 1. The van der Waals surface area contributed by atoms with E-state index in [2.05, 4.69) is 15.5 Å². The largest absolute Gasteiger partial charge is 0.497 e. The average molecular weight is 246 g/mol. The van der Waals surface area contributed by atoms with E-state index < -0.39 is 0 Å². The maximum absolute atomic E-state index is 11.7. The van der Waals surface area contributed by atoms with Crippen LogP contribution in [0.4, 0.5) is 5.82 Å². The molecule has 0 aliphatic heterocycles. The molecule has 0 radical (unpaired) electrons. The quantitative estimate of drug-likeness (QED) is 0.748. The number of carbonyl (C=O) groups excluding carboxylic acids is 1. The van der Waals surface area contributed by atoms with Crippen LogP contribution in [0.5, 0.6) is 5.75 Å². The SMILES string of the molecule is COc1cccc(CNC(=O)c2cc(N)n[nH]2)c1. The van der Waals surface area contributed by atoms with E-state index >= 15 is 0 Å². The summed E-state index contributed by atoms with van der Waals surface area (Å²) in [7, 11) is 1.60. The molecule has 2 rings (SSSR count). The lowest BCUT2D eigenvalue weighted by Gasteiger charge is -2.05. The minimum absolute atomic E-state index is 0.248. The van der Waals surface area contributed by atoms with Crippen LogP contribution >= 0.6 is 0 Å². The van der Waals surface area contributed by atoms with Crippen molar-refractivity contribution in [3.8, 4) is 5.75 Å². The highest BCUT2D eigenvalue weighted by Crippen LogP contribution is 2.12. The highest BCUT2D eigenvalue weighted by atomic mass is 16.5. The number of hydrogen-bond acceptors (Lipinski definition) is 4. The van der Waals surface area contributed by atoms with E-state index in [9.17, 15) is 4.79 Å². The van der Waals surface area contributed by atoms with Crippen molar-refractivity contribution in [2.24, 2.45) is 0 Å². The number of benzene rings is 1. The maximum Gasteiger partial charge on any atom is 0.269 e. The van der Waals surface area contributed by atoms with E-state index in [0.29, 0.717) is 18.1 Å². The molecule has 0 saturated heterocycles. The summed E-state index contributed by atoms with van der Waals surface area (Å²) in [6, 6.07) is 8.97. The molecule has 0 aliphatic carbocycles. The second kappa shape index (κ2) is 5.22. The second-order valence-corrected chi connectivity index (χ2v) is 3.74. The minimum Gasteiger partial charge on any atom is -0.497 e. The Bertz CT molecular complexity index is 551. The average Bonchev–Trinajstić information content (AvgIpc) is 2.83. The zero-order valence-corrected chi connectivity index (χ0v) is 9.93. The molecule has 0 spiro atoms. The van der Waals surface area contributed by atoms with E-state index in [1.807, 2.05) is 24.3 Å². The summed E-state index contributed by atoms with van der Waals surface area (Å²) >= 11 is 0. The lowest BCUT2D eigenvalue weighted by atomic mass is 10.2. The predicted molar refractivity (Wildman–Crippen MR) is 67.2 cm³/mol. The van der Waals surface area contributed by atoms with Gasteiger partial charge in [-0.15, -0.1) is 0 Å². The Morgan fingerprint density at radius 3 is 3.00 bits per heavy atom. The lowest BCUT2D eigenvalue weighted by molar-refractivity contribution is 0.0946. The van der Waals surface area contributed by atoms with Crippen molar-refractivity contribution in [1.82, 2.24) is 15.5 Å². The number of anilines is 1. The molecule has 1 heterocycles. The van der Waals surface area contributed by atoms with Crippen LogP contribution < -0.4 is 15.8 Å². The Balaban J connectivity index is 1.97. The first-order valence-corrected chi connectivity index (χ1v) is 5.41. The first-order valence-electron chi connectivity index (χ1n) is 5.41. The van der Waals surface area contributed by atoms with Gasteiger partial charge in [0.15, 0.2) is 0 Å². The zero-order chi connectivity index (χ0) is 13.0. The number of nitrogens with two attached hydrogens (primary N) is 1. The zero-order valence-electron chi connectivity index (χ0n) is 9.93. The highest BCUT2D eigenvalue weighted by Gasteiger charge is 2.08. The van der Waals surface area contributed by atoms with E-state index in [0.717, 1.165) is 11.3 Å². The normalized spacial score (nSPS) is 10.1. The second-order valence-electron chi connectivity index (χ2n) is 3.74. The molecule has 94 valence electrons. The van der Waals surface area contributed by atoms with Gasteiger partial charge in [0.1, 0.15) is 17.3 Å². The third-order valence-electron chi connectivity index (χ3n) is 2.43. The summed E-state index contributed by atoms with van der Waals surface area (Å²) in [6.07, 6.45) is 0. The predicted octanol–water partition coefficient (Wildman–Crippen LogP) is 0.930. The van der Waals surface area contributed by atoms with Gasteiger partial charge in [0, 0.05) is 12.6 Å². The molecule has 6 nitrogen and oxygen atoms in total. The Morgan fingerprint density at radius 1 is 1.50 bits per heavy atom. The Kier molecular flexibility index (Phi) is 3.47. The van der Waals surface area contributed by atoms with Gasteiger partial charge in [-0.2, -0.15) is 5.10 Å². The standard InChI is InChI=1S/C12H14N4O2/c1-18-9-4-2-3-8(5-9)7-14-12(17)10-6-11(13)16-15-10/h2-6H,7H2,1H3,(H,14,17)(H3,13,15,16). The number of methoxy groups -OCH3 is 1. The van der Waals surface area contributed by atoms with Crippen molar-refractivity contribution in [3.05, 3.63) is 41.6 Å². The van der Waals surface area contributed by atoms with E-state index in [1.165, 1.54) is 6.07 Å². The summed E-state index contributed by atoms with van der Waals surface area (Å²) in [4.78, 5) is 11.7. The summed E-state index contributed by atoms with van der Waals surface area (Å²) in [6.45, 7) is 0.412. The summed E-state index contributed by atoms with van der Waals surface area (Å²) in [5.74, 6) is 0.802. The molecule has 1 aromatic heterocycles. The summed E-state index contributed by atoms with van der Waals surface area (Å²) < 4.78 is 5.10. The summed E-state index contributed by atoms with van der Waals surface area (Å²) in [5, 5.41) is 9.00. The first-order chi connectivity index (χ1) is 8.69. The lowest BCUT2D eigenvalue weighted by Crippen LogP contribution is -2.23. The Hall–Kier alpha value is -2.50. The molecule has 0 saturated carbocycles. The molecule has 0 atom stereocenters. The van der Waals surface area contributed by atoms with Crippen molar-refractivity contribution in [2.75, 3.05) is 12.8 Å². The molecule has 1 aromatic carbocycles. The van der Waals surface area contributed by atoms with Crippen molar-refractivity contribution < 1.29 is 9.53 Å². The Morgan fingerprint density at radius 2 is 2.33 bits per heavy atom. The van der Waals surface area contributed by atoms with Crippen LogP contribution in [0.2, 0.25) is 0 Å². The van der Waals surface area contributed by atoms with Gasteiger partial charge in [-0.25, -0.2) is 0 Å². The van der Waals surface area contributed by atoms with Gasteiger partial charge in [0.05, 0.1) is 7.11 Å². The molecule has 6 heteroatoms. The number of rotatable bonds is 4. The van der Waals surface area contributed by atoms with E-state index in [-0.39, 0.29) is 5.91 Å². The topological polar surface area (TPSA) is 93.0 Å². The van der Waals surface area contributed by atoms with Crippen LogP contribution in [0.1, 0.15) is 16.1 Å². The summed E-state index contributed by atoms with van der Waals surface area (Å²) in [5.41, 5.74) is 6.72. The van der Waals surface area contributed by atoms with Crippen LogP contribution in [0.15, 0.2) is 30.3 Å².